The summed E-state index contributed by atoms with van der Waals surface area (Å²) in [6, 6.07) is 12.4. The molecule has 2 aromatic heterocycles. The quantitative estimate of drug-likeness (QED) is 0.478. The third-order valence-corrected chi connectivity index (χ3v) is 5.14. The van der Waals surface area contributed by atoms with E-state index < -0.39 is 0 Å². The lowest BCUT2D eigenvalue weighted by molar-refractivity contribution is -0.384. The molecule has 1 aromatic carbocycles. The van der Waals surface area contributed by atoms with E-state index in [1.54, 1.807) is 18.3 Å². The van der Waals surface area contributed by atoms with Crippen molar-refractivity contribution in [3.05, 3.63) is 70.2 Å². The molecule has 0 N–H and O–H groups in total. The van der Waals surface area contributed by atoms with Gasteiger partial charge >= 0.3 is 0 Å². The Morgan fingerprint density at radius 2 is 1.93 bits per heavy atom. The zero-order valence-corrected chi connectivity index (χ0v) is 15.4. The molecule has 0 spiro atoms. The Balaban J connectivity index is 1.28. The van der Waals surface area contributed by atoms with E-state index in [9.17, 15) is 10.1 Å². The Bertz CT molecular complexity index is 919. The molecule has 0 radical (unpaired) electrons. The van der Waals surface area contributed by atoms with E-state index in [0.717, 1.165) is 50.2 Å². The molecule has 1 saturated heterocycles. The minimum absolute atomic E-state index is 0.134. The molecule has 0 saturated carbocycles. The highest BCUT2D eigenvalue weighted by atomic mass is 16.6. The van der Waals surface area contributed by atoms with Gasteiger partial charge in [-0.2, -0.15) is 4.98 Å². The van der Waals surface area contributed by atoms with Crippen molar-refractivity contribution in [2.75, 3.05) is 19.6 Å². The number of likely N-dealkylation sites (tertiary alicyclic amines) is 1. The van der Waals surface area contributed by atoms with Gasteiger partial charge < -0.3 is 9.42 Å². The van der Waals surface area contributed by atoms with Crippen LogP contribution in [0.5, 0.6) is 0 Å². The lowest BCUT2D eigenvalue weighted by Crippen LogP contribution is -2.34. The van der Waals surface area contributed by atoms with Gasteiger partial charge in [-0.25, -0.2) is 0 Å². The van der Waals surface area contributed by atoms with Crippen LogP contribution in [0.25, 0.3) is 11.5 Å². The molecule has 1 aliphatic rings. The average Bonchev–Trinajstić information content (AvgIpc) is 3.24. The Morgan fingerprint density at radius 1 is 1.14 bits per heavy atom. The monoisotopic (exact) mass is 379 g/mol. The molecular weight excluding hydrogens is 358 g/mol. The van der Waals surface area contributed by atoms with Gasteiger partial charge in [-0.15, -0.1) is 0 Å². The first-order valence-electron chi connectivity index (χ1n) is 9.40. The smallest absolute Gasteiger partial charge is 0.269 e. The number of hydrogen-bond donors (Lipinski definition) is 0. The van der Waals surface area contributed by atoms with Gasteiger partial charge in [0, 0.05) is 30.8 Å². The molecule has 0 amide bonds. The highest BCUT2D eigenvalue weighted by molar-refractivity contribution is 5.47. The number of non-ortho nitro benzene ring substituents is 1. The van der Waals surface area contributed by atoms with Crippen molar-refractivity contribution in [2.24, 2.45) is 0 Å². The van der Waals surface area contributed by atoms with Crippen LogP contribution in [0.4, 0.5) is 5.69 Å². The number of benzene rings is 1. The van der Waals surface area contributed by atoms with Gasteiger partial charge in [-0.3, -0.25) is 15.1 Å². The van der Waals surface area contributed by atoms with Crippen LogP contribution in [0.3, 0.4) is 0 Å². The minimum Gasteiger partial charge on any atom is -0.339 e. The number of hydrogen-bond acceptors (Lipinski definition) is 7. The van der Waals surface area contributed by atoms with Crippen molar-refractivity contribution in [3.63, 3.8) is 0 Å². The van der Waals surface area contributed by atoms with Crippen molar-refractivity contribution < 1.29 is 9.45 Å². The lowest BCUT2D eigenvalue weighted by atomic mass is 9.96. The van der Waals surface area contributed by atoms with E-state index in [2.05, 4.69) is 20.0 Å². The van der Waals surface area contributed by atoms with E-state index in [1.807, 2.05) is 30.3 Å². The van der Waals surface area contributed by atoms with Crippen molar-refractivity contribution >= 4 is 5.69 Å². The first-order valence-corrected chi connectivity index (χ1v) is 9.40. The molecule has 1 fully saturated rings. The zero-order chi connectivity index (χ0) is 19.3. The van der Waals surface area contributed by atoms with Crippen LogP contribution in [0, 0.1) is 10.1 Å². The molecule has 0 atom stereocenters. The van der Waals surface area contributed by atoms with Gasteiger partial charge in [0.1, 0.15) is 5.69 Å². The molecule has 1 aliphatic heterocycles. The summed E-state index contributed by atoms with van der Waals surface area (Å²) >= 11 is 0. The number of rotatable bonds is 6. The van der Waals surface area contributed by atoms with Crippen molar-refractivity contribution in [2.45, 2.75) is 25.2 Å². The molecule has 3 heterocycles. The van der Waals surface area contributed by atoms with Gasteiger partial charge in [0.25, 0.3) is 5.69 Å². The largest absolute Gasteiger partial charge is 0.339 e. The number of nitrogens with zero attached hydrogens (tertiary/aromatic N) is 5. The molecule has 3 aromatic rings. The van der Waals surface area contributed by atoms with E-state index in [1.165, 1.54) is 0 Å². The first kappa shape index (κ1) is 18.2. The molecule has 0 bridgehead atoms. The molecule has 28 heavy (non-hydrogen) atoms. The van der Waals surface area contributed by atoms with Crippen molar-refractivity contribution in [1.82, 2.24) is 20.0 Å². The maximum Gasteiger partial charge on any atom is 0.269 e. The number of nitro benzene ring substituents is 1. The normalized spacial score (nSPS) is 15.6. The predicted molar refractivity (Wildman–Crippen MR) is 103 cm³/mol. The summed E-state index contributed by atoms with van der Waals surface area (Å²) < 4.78 is 5.48. The van der Waals surface area contributed by atoms with E-state index in [-0.39, 0.29) is 16.5 Å². The highest BCUT2D eigenvalue weighted by Crippen LogP contribution is 2.28. The fraction of sp³-hybridized carbons (Fsp3) is 0.350. The second-order valence-corrected chi connectivity index (χ2v) is 6.96. The topological polar surface area (TPSA) is 98.2 Å². The lowest BCUT2D eigenvalue weighted by Gasteiger charge is -2.30. The number of pyridine rings is 1. The Labute approximate surface area is 162 Å². The molecular formula is C20H21N5O3. The summed E-state index contributed by atoms with van der Waals surface area (Å²) in [7, 11) is 0. The maximum absolute atomic E-state index is 10.7. The van der Waals surface area contributed by atoms with Gasteiger partial charge in [-0.05, 0) is 50.0 Å². The molecule has 4 rings (SSSR count). The number of nitro groups is 1. The fourth-order valence-corrected chi connectivity index (χ4v) is 3.48. The van der Waals surface area contributed by atoms with E-state index in [0.29, 0.717) is 11.7 Å². The van der Waals surface area contributed by atoms with Crippen molar-refractivity contribution in [3.8, 4) is 11.5 Å². The van der Waals surface area contributed by atoms with Gasteiger partial charge in [-0.1, -0.05) is 23.4 Å². The summed E-state index contributed by atoms with van der Waals surface area (Å²) in [6.07, 6.45) is 4.55. The molecule has 0 aliphatic carbocycles. The summed E-state index contributed by atoms with van der Waals surface area (Å²) in [5, 5.41) is 14.8. The third-order valence-electron chi connectivity index (χ3n) is 5.14. The molecule has 0 unspecified atom stereocenters. The maximum atomic E-state index is 10.7. The second-order valence-electron chi connectivity index (χ2n) is 6.96. The fourth-order valence-electron chi connectivity index (χ4n) is 3.48. The van der Waals surface area contributed by atoms with Gasteiger partial charge in [0.05, 0.1) is 4.92 Å². The SMILES string of the molecule is O=[N+]([O-])c1ccc(CCN2CCC(c3nc(-c4ccccn4)no3)CC2)cc1. The standard InChI is InChI=1S/C20H21N5O3/c26-25(27)17-6-4-15(5-7-17)8-12-24-13-9-16(10-14-24)20-22-19(23-28-20)18-3-1-2-11-21-18/h1-7,11,16H,8-10,12-14H2. The Kier molecular flexibility index (Phi) is 5.38. The Morgan fingerprint density at radius 3 is 2.61 bits per heavy atom. The van der Waals surface area contributed by atoms with Crippen LogP contribution in [0.15, 0.2) is 53.2 Å². The van der Waals surface area contributed by atoms with Crippen LogP contribution in [-0.4, -0.2) is 44.6 Å². The number of piperidine rings is 1. The van der Waals surface area contributed by atoms with Crippen molar-refractivity contribution in [1.29, 1.82) is 0 Å². The number of aromatic nitrogens is 3. The second kappa shape index (κ2) is 8.26. The summed E-state index contributed by atoms with van der Waals surface area (Å²) in [5.74, 6) is 1.51. The summed E-state index contributed by atoms with van der Waals surface area (Å²) in [6.45, 7) is 2.88. The van der Waals surface area contributed by atoms with Gasteiger partial charge in [0.2, 0.25) is 11.7 Å². The van der Waals surface area contributed by atoms with Gasteiger partial charge in [0.15, 0.2) is 0 Å². The van der Waals surface area contributed by atoms with Crippen LogP contribution in [0.2, 0.25) is 0 Å². The molecule has 144 valence electrons. The molecule has 8 heteroatoms. The summed E-state index contributed by atoms with van der Waals surface area (Å²) in [4.78, 5) is 21.6. The van der Waals surface area contributed by atoms with Crippen LogP contribution in [-0.2, 0) is 6.42 Å². The van der Waals surface area contributed by atoms with Crippen LogP contribution < -0.4 is 0 Å². The Hall–Kier alpha value is -3.13. The molecule has 8 nitrogen and oxygen atoms in total. The average molecular weight is 379 g/mol. The van der Waals surface area contributed by atoms with E-state index in [4.69, 9.17) is 4.52 Å². The summed E-state index contributed by atoms with van der Waals surface area (Å²) in [5.41, 5.74) is 1.97. The highest BCUT2D eigenvalue weighted by Gasteiger charge is 2.25. The van der Waals surface area contributed by atoms with Crippen LogP contribution >= 0.6 is 0 Å². The predicted octanol–water partition coefficient (Wildman–Crippen LogP) is 3.46. The van der Waals surface area contributed by atoms with Crippen LogP contribution in [0.1, 0.15) is 30.2 Å². The zero-order valence-electron chi connectivity index (χ0n) is 15.4. The minimum atomic E-state index is -0.370. The van der Waals surface area contributed by atoms with E-state index >= 15 is 0 Å². The third kappa shape index (κ3) is 4.23. The first-order chi connectivity index (χ1) is 13.7.